The summed E-state index contributed by atoms with van der Waals surface area (Å²) in [4.78, 5) is 4.37. The molecular formula is C17H13Cl2NO. The summed E-state index contributed by atoms with van der Waals surface area (Å²) in [5.74, 6) is 0.808. The molecule has 0 spiro atoms. The summed E-state index contributed by atoms with van der Waals surface area (Å²) in [5, 5.41) is 2.20. The highest BCUT2D eigenvalue weighted by atomic mass is 35.5. The second-order valence-corrected chi connectivity index (χ2v) is 5.70. The Morgan fingerprint density at radius 2 is 1.81 bits per heavy atom. The van der Waals surface area contributed by atoms with E-state index in [1.165, 1.54) is 5.56 Å². The third kappa shape index (κ3) is 3.12. The van der Waals surface area contributed by atoms with Crippen molar-refractivity contribution < 1.29 is 4.74 Å². The molecule has 0 bridgehead atoms. The Kier molecular flexibility index (Phi) is 4.00. The van der Waals surface area contributed by atoms with Crippen LogP contribution in [0.3, 0.4) is 0 Å². The number of nitrogens with zero attached hydrogens (tertiary/aromatic N) is 1. The second kappa shape index (κ2) is 5.92. The van der Waals surface area contributed by atoms with E-state index in [1.54, 1.807) is 6.20 Å². The van der Waals surface area contributed by atoms with Gasteiger partial charge in [0.25, 0.3) is 0 Å². The van der Waals surface area contributed by atoms with E-state index in [2.05, 4.69) is 4.98 Å². The molecule has 0 radical (unpaired) electrons. The van der Waals surface area contributed by atoms with E-state index in [4.69, 9.17) is 27.9 Å². The predicted molar refractivity (Wildman–Crippen MR) is 87.3 cm³/mol. The quantitative estimate of drug-likeness (QED) is 0.642. The molecule has 0 aliphatic carbocycles. The summed E-state index contributed by atoms with van der Waals surface area (Å²) in [6, 6.07) is 13.5. The first-order valence-corrected chi connectivity index (χ1v) is 7.31. The minimum Gasteiger partial charge on any atom is -0.489 e. The minimum absolute atomic E-state index is 0.369. The molecule has 0 saturated heterocycles. The molecule has 0 fully saturated rings. The first-order chi connectivity index (χ1) is 10.1. The van der Waals surface area contributed by atoms with Crippen molar-refractivity contribution in [3.05, 3.63) is 69.8 Å². The van der Waals surface area contributed by atoms with Crippen LogP contribution >= 0.6 is 23.2 Å². The molecule has 0 aliphatic heterocycles. The number of aromatic nitrogens is 1. The maximum atomic E-state index is 6.28. The number of hydrogen-bond donors (Lipinski definition) is 0. The van der Waals surface area contributed by atoms with Gasteiger partial charge in [0.2, 0.25) is 0 Å². The van der Waals surface area contributed by atoms with Gasteiger partial charge < -0.3 is 4.74 Å². The van der Waals surface area contributed by atoms with Crippen molar-refractivity contribution in [2.24, 2.45) is 0 Å². The number of benzene rings is 2. The third-order valence-corrected chi connectivity index (χ3v) is 3.83. The van der Waals surface area contributed by atoms with E-state index in [0.717, 1.165) is 22.2 Å². The zero-order valence-corrected chi connectivity index (χ0v) is 12.9. The van der Waals surface area contributed by atoms with E-state index >= 15 is 0 Å². The van der Waals surface area contributed by atoms with Crippen molar-refractivity contribution in [1.29, 1.82) is 0 Å². The molecule has 4 heteroatoms. The van der Waals surface area contributed by atoms with Gasteiger partial charge in [-0.2, -0.15) is 0 Å². The summed E-state index contributed by atoms with van der Waals surface area (Å²) in [5.41, 5.74) is 2.88. The topological polar surface area (TPSA) is 22.1 Å². The van der Waals surface area contributed by atoms with Crippen molar-refractivity contribution in [3.8, 4) is 5.75 Å². The molecule has 2 nitrogen and oxygen atoms in total. The van der Waals surface area contributed by atoms with E-state index in [9.17, 15) is 0 Å². The van der Waals surface area contributed by atoms with E-state index in [-0.39, 0.29) is 0 Å². The molecule has 3 rings (SSSR count). The number of pyridine rings is 1. The molecule has 1 aromatic heterocycles. The zero-order chi connectivity index (χ0) is 14.8. The van der Waals surface area contributed by atoms with Crippen LogP contribution in [0.5, 0.6) is 5.75 Å². The SMILES string of the molecule is Cc1ccc(OCc2c(Cl)ccc3cc(Cl)cnc23)cc1. The number of ether oxygens (including phenoxy) is 1. The highest BCUT2D eigenvalue weighted by Gasteiger charge is 2.09. The first-order valence-electron chi connectivity index (χ1n) is 6.55. The van der Waals surface area contributed by atoms with Crippen LogP contribution < -0.4 is 4.74 Å². The van der Waals surface area contributed by atoms with Crippen LogP contribution in [0.25, 0.3) is 10.9 Å². The van der Waals surface area contributed by atoms with Crippen LogP contribution in [0.1, 0.15) is 11.1 Å². The standard InChI is InChI=1S/C17H13Cl2NO/c1-11-2-5-14(6-3-11)21-10-15-16(19)7-4-12-8-13(18)9-20-17(12)15/h2-9H,10H2,1H3. The maximum Gasteiger partial charge on any atom is 0.119 e. The molecule has 1 heterocycles. The highest BCUT2D eigenvalue weighted by molar-refractivity contribution is 6.33. The lowest BCUT2D eigenvalue weighted by atomic mass is 10.1. The molecule has 0 atom stereocenters. The number of halogens is 2. The molecule has 106 valence electrons. The van der Waals surface area contributed by atoms with Crippen LogP contribution in [0.2, 0.25) is 10.0 Å². The van der Waals surface area contributed by atoms with Crippen LogP contribution in [0, 0.1) is 6.92 Å². The summed E-state index contributed by atoms with van der Waals surface area (Å²) in [7, 11) is 0. The molecule has 2 aromatic carbocycles. The molecule has 0 saturated carbocycles. The Balaban J connectivity index is 1.92. The molecule has 0 unspecified atom stereocenters. The summed E-state index contributed by atoms with van der Waals surface area (Å²) >= 11 is 12.3. The normalized spacial score (nSPS) is 10.8. The van der Waals surface area contributed by atoms with Gasteiger partial charge in [0.1, 0.15) is 12.4 Å². The molecule has 21 heavy (non-hydrogen) atoms. The summed E-state index contributed by atoms with van der Waals surface area (Å²) < 4.78 is 5.81. The van der Waals surface area contributed by atoms with Crippen LogP contribution in [0.15, 0.2) is 48.7 Å². The van der Waals surface area contributed by atoms with Gasteiger partial charge in [0, 0.05) is 22.2 Å². The van der Waals surface area contributed by atoms with Crippen molar-refractivity contribution in [2.75, 3.05) is 0 Å². The van der Waals surface area contributed by atoms with Gasteiger partial charge in [-0.15, -0.1) is 0 Å². The van der Waals surface area contributed by atoms with Crippen LogP contribution in [-0.4, -0.2) is 4.98 Å². The Bertz CT molecular complexity index is 785. The average Bonchev–Trinajstić information content (AvgIpc) is 2.48. The van der Waals surface area contributed by atoms with Crippen molar-refractivity contribution in [3.63, 3.8) is 0 Å². The fourth-order valence-corrected chi connectivity index (χ4v) is 2.51. The Morgan fingerprint density at radius 3 is 2.57 bits per heavy atom. The van der Waals surface area contributed by atoms with E-state index < -0.39 is 0 Å². The van der Waals surface area contributed by atoms with Gasteiger partial charge in [-0.1, -0.05) is 47.0 Å². The smallest absolute Gasteiger partial charge is 0.119 e. The largest absolute Gasteiger partial charge is 0.489 e. The van der Waals surface area contributed by atoms with Crippen molar-refractivity contribution >= 4 is 34.1 Å². The lowest BCUT2D eigenvalue weighted by Crippen LogP contribution is -1.99. The fourth-order valence-electron chi connectivity index (χ4n) is 2.14. The minimum atomic E-state index is 0.369. The second-order valence-electron chi connectivity index (χ2n) is 4.85. The Hall–Kier alpha value is -1.77. The maximum absolute atomic E-state index is 6.28. The van der Waals surface area contributed by atoms with E-state index in [1.807, 2.05) is 49.4 Å². The number of aryl methyl sites for hydroxylation is 1. The zero-order valence-electron chi connectivity index (χ0n) is 11.4. The highest BCUT2D eigenvalue weighted by Crippen LogP contribution is 2.27. The van der Waals surface area contributed by atoms with Gasteiger partial charge in [-0.25, -0.2) is 0 Å². The number of fused-ring (bicyclic) bond motifs is 1. The van der Waals surface area contributed by atoms with Crippen molar-refractivity contribution in [1.82, 2.24) is 4.98 Å². The fraction of sp³-hybridized carbons (Fsp3) is 0.118. The van der Waals surface area contributed by atoms with E-state index in [0.29, 0.717) is 16.7 Å². The summed E-state index contributed by atoms with van der Waals surface area (Å²) in [6.45, 7) is 2.41. The monoisotopic (exact) mass is 317 g/mol. The lowest BCUT2D eigenvalue weighted by molar-refractivity contribution is 0.307. The van der Waals surface area contributed by atoms with Gasteiger partial charge in [0.15, 0.2) is 0 Å². The number of hydrogen-bond acceptors (Lipinski definition) is 2. The Labute approximate surface area is 133 Å². The van der Waals surface area contributed by atoms with Crippen LogP contribution in [-0.2, 0) is 6.61 Å². The van der Waals surface area contributed by atoms with Crippen molar-refractivity contribution in [2.45, 2.75) is 13.5 Å². The lowest BCUT2D eigenvalue weighted by Gasteiger charge is -2.10. The molecule has 0 amide bonds. The third-order valence-electron chi connectivity index (χ3n) is 3.27. The van der Waals surface area contributed by atoms with Gasteiger partial charge in [-0.3, -0.25) is 4.98 Å². The summed E-state index contributed by atoms with van der Waals surface area (Å²) in [6.07, 6.45) is 1.62. The predicted octanol–water partition coefficient (Wildman–Crippen LogP) is 5.43. The average molecular weight is 318 g/mol. The van der Waals surface area contributed by atoms with Gasteiger partial charge in [0.05, 0.1) is 10.5 Å². The molecule has 3 aromatic rings. The molecular weight excluding hydrogens is 305 g/mol. The molecule has 0 aliphatic rings. The van der Waals surface area contributed by atoms with Gasteiger partial charge >= 0.3 is 0 Å². The Morgan fingerprint density at radius 1 is 1.05 bits per heavy atom. The van der Waals surface area contributed by atoms with Gasteiger partial charge in [-0.05, 0) is 31.2 Å². The van der Waals surface area contributed by atoms with Crippen LogP contribution in [0.4, 0.5) is 0 Å². The first kappa shape index (κ1) is 14.2. The number of rotatable bonds is 3. The molecule has 0 N–H and O–H groups in total.